The van der Waals surface area contributed by atoms with Gasteiger partial charge in [-0.3, -0.25) is 9.98 Å². The second-order valence-corrected chi connectivity index (χ2v) is 9.51. The Bertz CT molecular complexity index is 1210. The SMILES string of the molecule is Oc1ccc(Br)cc1C=NC(c1ccccc1)[C@@H](N=Cc1cc(Br)ccc1O)c1ccccc1. The molecule has 0 amide bonds. The number of aromatic hydroxyl groups is 2. The van der Waals surface area contributed by atoms with Crippen LogP contribution in [-0.2, 0) is 0 Å². The quantitative estimate of drug-likeness (QED) is 0.222. The Morgan fingerprint density at radius 2 is 0.941 bits per heavy atom. The number of aliphatic imine (C=N–C) groups is 2. The zero-order chi connectivity index (χ0) is 23.9. The third-order valence-corrected chi connectivity index (χ3v) is 6.30. The van der Waals surface area contributed by atoms with Crippen LogP contribution in [0, 0.1) is 0 Å². The highest BCUT2D eigenvalue weighted by Crippen LogP contribution is 2.36. The molecule has 2 atom stereocenters. The fraction of sp³-hybridized carbons (Fsp3) is 0.0714. The van der Waals surface area contributed by atoms with Crippen molar-refractivity contribution in [3.05, 3.63) is 128 Å². The van der Waals surface area contributed by atoms with Crippen molar-refractivity contribution >= 4 is 44.3 Å². The first-order valence-corrected chi connectivity index (χ1v) is 12.2. The lowest BCUT2D eigenvalue weighted by atomic mass is 9.94. The van der Waals surface area contributed by atoms with Crippen LogP contribution in [-0.4, -0.2) is 22.6 Å². The monoisotopic (exact) mass is 576 g/mol. The predicted molar refractivity (Wildman–Crippen MR) is 145 cm³/mol. The Labute approximate surface area is 215 Å². The zero-order valence-electron chi connectivity index (χ0n) is 18.1. The highest BCUT2D eigenvalue weighted by atomic mass is 79.9. The number of nitrogens with zero attached hydrogens (tertiary/aromatic N) is 2. The molecule has 0 spiro atoms. The molecule has 0 fully saturated rings. The van der Waals surface area contributed by atoms with Crippen LogP contribution in [0.1, 0.15) is 34.3 Å². The van der Waals surface area contributed by atoms with Gasteiger partial charge >= 0.3 is 0 Å². The average molecular weight is 578 g/mol. The molecule has 2 N–H and O–H groups in total. The van der Waals surface area contributed by atoms with Gasteiger partial charge in [-0.05, 0) is 47.5 Å². The lowest BCUT2D eigenvalue weighted by Crippen LogP contribution is -2.09. The fourth-order valence-electron chi connectivity index (χ4n) is 3.58. The first kappa shape index (κ1) is 23.9. The van der Waals surface area contributed by atoms with Gasteiger partial charge in [-0.2, -0.15) is 0 Å². The molecule has 4 aromatic rings. The Hall–Kier alpha value is -3.22. The normalized spacial score (nSPS) is 13.4. The molecule has 0 radical (unpaired) electrons. The highest BCUT2D eigenvalue weighted by molar-refractivity contribution is 9.10. The molecule has 0 aliphatic heterocycles. The molecule has 0 saturated carbocycles. The Kier molecular flexibility index (Phi) is 7.93. The summed E-state index contributed by atoms with van der Waals surface area (Å²) in [5.74, 6) is 0.301. The van der Waals surface area contributed by atoms with Gasteiger partial charge in [-0.15, -0.1) is 0 Å². The summed E-state index contributed by atoms with van der Waals surface area (Å²) in [5.41, 5.74) is 3.18. The third kappa shape index (κ3) is 6.01. The molecule has 0 aromatic heterocycles. The minimum Gasteiger partial charge on any atom is -0.507 e. The highest BCUT2D eigenvalue weighted by Gasteiger charge is 2.23. The molecular formula is C28H22Br2N2O2. The van der Waals surface area contributed by atoms with Crippen LogP contribution >= 0.6 is 31.9 Å². The molecule has 0 aliphatic rings. The van der Waals surface area contributed by atoms with Crippen LogP contribution in [0.15, 0.2) is 116 Å². The van der Waals surface area contributed by atoms with E-state index in [2.05, 4.69) is 31.9 Å². The molecule has 4 nitrogen and oxygen atoms in total. The molecule has 0 saturated heterocycles. The zero-order valence-corrected chi connectivity index (χ0v) is 21.3. The number of benzene rings is 4. The average Bonchev–Trinajstić information content (AvgIpc) is 2.86. The molecule has 0 aliphatic carbocycles. The summed E-state index contributed by atoms with van der Waals surface area (Å²) < 4.78 is 1.71. The van der Waals surface area contributed by atoms with Gasteiger partial charge in [0.2, 0.25) is 0 Å². The summed E-state index contributed by atoms with van der Waals surface area (Å²) >= 11 is 6.91. The minimum absolute atomic E-state index is 0.151. The van der Waals surface area contributed by atoms with Gasteiger partial charge in [0.15, 0.2) is 0 Å². The van der Waals surface area contributed by atoms with Crippen molar-refractivity contribution in [2.45, 2.75) is 12.1 Å². The van der Waals surface area contributed by atoms with Crippen molar-refractivity contribution in [3.8, 4) is 11.5 Å². The smallest absolute Gasteiger partial charge is 0.124 e. The first-order chi connectivity index (χ1) is 16.5. The van der Waals surface area contributed by atoms with E-state index in [1.807, 2.05) is 72.8 Å². The van der Waals surface area contributed by atoms with E-state index < -0.39 is 0 Å². The van der Waals surface area contributed by atoms with Crippen molar-refractivity contribution in [3.63, 3.8) is 0 Å². The van der Waals surface area contributed by atoms with Crippen LogP contribution in [0.25, 0.3) is 0 Å². The maximum absolute atomic E-state index is 10.3. The molecule has 6 heteroatoms. The Morgan fingerprint density at radius 1 is 0.559 bits per heavy atom. The van der Waals surface area contributed by atoms with E-state index >= 15 is 0 Å². The van der Waals surface area contributed by atoms with E-state index in [0.717, 1.165) is 20.1 Å². The maximum atomic E-state index is 10.3. The first-order valence-electron chi connectivity index (χ1n) is 10.6. The van der Waals surface area contributed by atoms with Crippen LogP contribution < -0.4 is 0 Å². The van der Waals surface area contributed by atoms with Gasteiger partial charge < -0.3 is 10.2 Å². The predicted octanol–water partition coefficient (Wildman–Crippen LogP) is 7.64. The number of hydrogen-bond acceptors (Lipinski definition) is 4. The second-order valence-electron chi connectivity index (χ2n) is 7.67. The largest absolute Gasteiger partial charge is 0.507 e. The summed E-state index contributed by atoms with van der Waals surface area (Å²) in [7, 11) is 0. The molecule has 0 heterocycles. The topological polar surface area (TPSA) is 65.2 Å². The van der Waals surface area contributed by atoms with Gasteiger partial charge in [0.1, 0.15) is 23.6 Å². The molecule has 0 bridgehead atoms. The lowest BCUT2D eigenvalue weighted by Gasteiger charge is -2.22. The van der Waals surface area contributed by atoms with Gasteiger partial charge in [0.25, 0.3) is 0 Å². The van der Waals surface area contributed by atoms with Crippen molar-refractivity contribution in [2.75, 3.05) is 0 Å². The summed E-state index contributed by atoms with van der Waals surface area (Å²) in [4.78, 5) is 9.81. The number of rotatable bonds is 7. The van der Waals surface area contributed by atoms with E-state index in [0.29, 0.717) is 11.1 Å². The molecule has 34 heavy (non-hydrogen) atoms. The van der Waals surface area contributed by atoms with Crippen LogP contribution in [0.5, 0.6) is 11.5 Å². The molecule has 170 valence electrons. The van der Waals surface area contributed by atoms with E-state index in [1.54, 1.807) is 36.7 Å². The van der Waals surface area contributed by atoms with Crippen molar-refractivity contribution in [1.29, 1.82) is 0 Å². The summed E-state index contributed by atoms with van der Waals surface area (Å²) in [6.07, 6.45) is 3.36. The van der Waals surface area contributed by atoms with Crippen molar-refractivity contribution < 1.29 is 10.2 Å². The van der Waals surface area contributed by atoms with Gasteiger partial charge in [0.05, 0.1) is 0 Å². The summed E-state index contributed by atoms with van der Waals surface area (Å²) in [5, 5.41) is 20.6. The summed E-state index contributed by atoms with van der Waals surface area (Å²) in [6.45, 7) is 0. The number of halogens is 2. The van der Waals surface area contributed by atoms with Gasteiger partial charge in [-0.25, -0.2) is 0 Å². The number of hydrogen-bond donors (Lipinski definition) is 2. The third-order valence-electron chi connectivity index (χ3n) is 5.31. The second kappa shape index (κ2) is 11.3. The summed E-state index contributed by atoms with van der Waals surface area (Å²) in [6, 6.07) is 29.6. The van der Waals surface area contributed by atoms with E-state index in [1.165, 1.54) is 0 Å². The van der Waals surface area contributed by atoms with Crippen molar-refractivity contribution in [2.24, 2.45) is 9.98 Å². The van der Waals surface area contributed by atoms with E-state index in [4.69, 9.17) is 9.98 Å². The minimum atomic E-state index is -0.368. The Morgan fingerprint density at radius 3 is 1.32 bits per heavy atom. The maximum Gasteiger partial charge on any atom is 0.124 e. The van der Waals surface area contributed by atoms with Crippen molar-refractivity contribution in [1.82, 2.24) is 0 Å². The van der Waals surface area contributed by atoms with E-state index in [9.17, 15) is 10.2 Å². The molecule has 1 unspecified atom stereocenters. The lowest BCUT2D eigenvalue weighted by molar-refractivity contribution is 0.473. The molecular weight excluding hydrogens is 556 g/mol. The number of phenols is 2. The van der Waals surface area contributed by atoms with Crippen LogP contribution in [0.2, 0.25) is 0 Å². The Balaban J connectivity index is 1.81. The van der Waals surface area contributed by atoms with Gasteiger partial charge in [-0.1, -0.05) is 92.5 Å². The van der Waals surface area contributed by atoms with E-state index in [-0.39, 0.29) is 23.6 Å². The number of phenolic OH excluding ortho intramolecular Hbond substituents is 2. The standard InChI is InChI=1S/C28H22Br2N2O2/c29-23-11-13-25(33)21(15-23)17-31-27(19-7-3-1-4-8-19)28(20-9-5-2-6-10-20)32-18-22-16-24(30)12-14-26(22)34/h1-18,27-28,33-34H/t27-,28?/m0/s1. The van der Waals surface area contributed by atoms with Crippen LogP contribution in [0.3, 0.4) is 0 Å². The molecule has 4 aromatic carbocycles. The van der Waals surface area contributed by atoms with Crippen LogP contribution in [0.4, 0.5) is 0 Å². The van der Waals surface area contributed by atoms with Gasteiger partial charge in [0, 0.05) is 32.5 Å². The fourth-order valence-corrected chi connectivity index (χ4v) is 4.34. The molecule has 4 rings (SSSR count).